The lowest BCUT2D eigenvalue weighted by Gasteiger charge is -2.03. The molecule has 2 heterocycles. The Bertz CT molecular complexity index is 687. The van der Waals surface area contributed by atoms with Crippen molar-refractivity contribution in [2.24, 2.45) is 0 Å². The van der Waals surface area contributed by atoms with Crippen molar-refractivity contribution in [2.45, 2.75) is 6.42 Å². The number of carbonyl (C=O) groups excluding carboxylic acids is 1. The molecule has 0 aliphatic heterocycles. The molecule has 18 heavy (non-hydrogen) atoms. The maximum atomic E-state index is 12.2. The van der Waals surface area contributed by atoms with Gasteiger partial charge in [0, 0.05) is 23.2 Å². The summed E-state index contributed by atoms with van der Waals surface area (Å²) in [5.41, 5.74) is 0.531. The Morgan fingerprint density at radius 2 is 2.00 bits per heavy atom. The molecule has 3 rings (SSSR count). The normalized spacial score (nSPS) is 10.7. The zero-order valence-electron chi connectivity index (χ0n) is 9.54. The summed E-state index contributed by atoms with van der Waals surface area (Å²) in [4.78, 5) is 20.6. The molecule has 0 saturated carbocycles. The van der Waals surface area contributed by atoms with Crippen LogP contribution in [0.5, 0.6) is 0 Å². The molecule has 0 bridgehead atoms. The van der Waals surface area contributed by atoms with E-state index in [4.69, 9.17) is 0 Å². The lowest BCUT2D eigenvalue weighted by atomic mass is 10.1. The van der Waals surface area contributed by atoms with Crippen molar-refractivity contribution in [1.82, 2.24) is 9.97 Å². The fraction of sp³-hybridized carbons (Fsp3) is 0.0714. The maximum absolute atomic E-state index is 12.2. The molecule has 0 saturated heterocycles. The first-order chi connectivity index (χ1) is 8.84. The molecule has 0 spiro atoms. The highest BCUT2D eigenvalue weighted by molar-refractivity contribution is 7.09. The maximum Gasteiger partial charge on any atom is 0.188 e. The van der Waals surface area contributed by atoms with Crippen LogP contribution in [0, 0.1) is 0 Å². The van der Waals surface area contributed by atoms with Crippen molar-refractivity contribution in [1.29, 1.82) is 0 Å². The third-order valence-electron chi connectivity index (χ3n) is 2.73. The van der Waals surface area contributed by atoms with Crippen molar-refractivity contribution < 1.29 is 4.79 Å². The van der Waals surface area contributed by atoms with Gasteiger partial charge < -0.3 is 0 Å². The number of hydrogen-bond acceptors (Lipinski definition) is 4. The van der Waals surface area contributed by atoms with Crippen molar-refractivity contribution in [2.75, 3.05) is 0 Å². The average Bonchev–Trinajstić information content (AvgIpc) is 2.91. The number of fused-ring (bicyclic) bond motifs is 1. The smallest absolute Gasteiger partial charge is 0.188 e. The van der Waals surface area contributed by atoms with Gasteiger partial charge in [0.1, 0.15) is 10.7 Å². The Morgan fingerprint density at radius 1 is 1.11 bits per heavy atom. The van der Waals surface area contributed by atoms with Crippen molar-refractivity contribution in [3.8, 4) is 0 Å². The van der Waals surface area contributed by atoms with Crippen LogP contribution in [-0.2, 0) is 6.42 Å². The summed E-state index contributed by atoms with van der Waals surface area (Å²) >= 11 is 1.49. The molecule has 1 aromatic carbocycles. The summed E-state index contributed by atoms with van der Waals surface area (Å²) in [5.74, 6) is 0.0155. The molecule has 0 aliphatic rings. The minimum absolute atomic E-state index is 0.0155. The van der Waals surface area contributed by atoms with Crippen LogP contribution in [0.3, 0.4) is 0 Å². The van der Waals surface area contributed by atoms with Crippen LogP contribution >= 0.6 is 11.3 Å². The van der Waals surface area contributed by atoms with Gasteiger partial charge in [0.15, 0.2) is 5.78 Å². The van der Waals surface area contributed by atoms with E-state index < -0.39 is 0 Å². The van der Waals surface area contributed by atoms with E-state index in [1.54, 1.807) is 12.4 Å². The fourth-order valence-corrected chi connectivity index (χ4v) is 2.52. The number of thiazole rings is 1. The Labute approximate surface area is 108 Å². The van der Waals surface area contributed by atoms with E-state index in [1.807, 2.05) is 35.7 Å². The van der Waals surface area contributed by atoms with Gasteiger partial charge in [-0.15, -0.1) is 11.3 Å². The van der Waals surface area contributed by atoms with Gasteiger partial charge in [0.05, 0.1) is 6.42 Å². The molecule has 0 aliphatic carbocycles. The third-order valence-corrected chi connectivity index (χ3v) is 3.51. The Morgan fingerprint density at radius 3 is 2.83 bits per heavy atom. The van der Waals surface area contributed by atoms with Crippen LogP contribution in [0.2, 0.25) is 0 Å². The summed E-state index contributed by atoms with van der Waals surface area (Å²) in [5, 5.41) is 4.64. The van der Waals surface area contributed by atoms with Gasteiger partial charge in [-0.25, -0.2) is 4.98 Å². The number of pyridine rings is 1. The molecule has 3 aromatic rings. The predicted octanol–water partition coefficient (Wildman–Crippen LogP) is 3.12. The summed E-state index contributed by atoms with van der Waals surface area (Å²) in [7, 11) is 0. The molecule has 0 N–H and O–H groups in total. The molecule has 0 radical (unpaired) electrons. The number of rotatable bonds is 3. The number of Topliss-reactive ketones (excluding diaryl/α,β-unsaturated/α-hetero) is 1. The van der Waals surface area contributed by atoms with Gasteiger partial charge >= 0.3 is 0 Å². The predicted molar refractivity (Wildman–Crippen MR) is 71.9 cm³/mol. The van der Waals surface area contributed by atoms with E-state index >= 15 is 0 Å². The van der Waals surface area contributed by atoms with E-state index in [-0.39, 0.29) is 5.78 Å². The first kappa shape index (κ1) is 11.0. The van der Waals surface area contributed by atoms with Gasteiger partial charge in [0.25, 0.3) is 0 Å². The molecule has 0 atom stereocenters. The quantitative estimate of drug-likeness (QED) is 0.674. The van der Waals surface area contributed by atoms with Gasteiger partial charge in [-0.2, -0.15) is 0 Å². The van der Waals surface area contributed by atoms with E-state index in [2.05, 4.69) is 9.97 Å². The minimum atomic E-state index is 0.0155. The zero-order valence-corrected chi connectivity index (χ0v) is 10.4. The number of aromatic nitrogens is 2. The number of ketones is 1. The van der Waals surface area contributed by atoms with E-state index in [0.717, 1.165) is 15.8 Å². The second-order valence-electron chi connectivity index (χ2n) is 3.91. The van der Waals surface area contributed by atoms with Crippen LogP contribution in [0.1, 0.15) is 15.5 Å². The Kier molecular flexibility index (Phi) is 2.86. The van der Waals surface area contributed by atoms with Crippen LogP contribution in [0.25, 0.3) is 10.8 Å². The van der Waals surface area contributed by atoms with Crippen molar-refractivity contribution in [3.63, 3.8) is 0 Å². The first-order valence-electron chi connectivity index (χ1n) is 5.60. The number of carbonyl (C=O) groups is 1. The fourth-order valence-electron chi connectivity index (χ4n) is 1.90. The molecular weight excluding hydrogens is 244 g/mol. The second-order valence-corrected chi connectivity index (χ2v) is 4.89. The summed E-state index contributed by atoms with van der Waals surface area (Å²) in [6.07, 6.45) is 3.71. The summed E-state index contributed by atoms with van der Waals surface area (Å²) < 4.78 is 0. The number of hydrogen-bond donors (Lipinski definition) is 0. The molecule has 0 amide bonds. The Hall–Kier alpha value is -2.07. The van der Waals surface area contributed by atoms with Crippen molar-refractivity contribution in [3.05, 3.63) is 58.8 Å². The molecule has 0 fully saturated rings. The number of benzene rings is 1. The molecular formula is C14H10N2OS. The van der Waals surface area contributed by atoms with E-state index in [1.165, 1.54) is 11.3 Å². The summed E-state index contributed by atoms with van der Waals surface area (Å²) in [6, 6.07) is 9.70. The van der Waals surface area contributed by atoms with Crippen LogP contribution in [0.15, 0.2) is 48.1 Å². The highest BCUT2D eigenvalue weighted by Gasteiger charge is 2.13. The lowest BCUT2D eigenvalue weighted by Crippen LogP contribution is -2.06. The molecule has 4 heteroatoms. The first-order valence-corrected chi connectivity index (χ1v) is 6.48. The van der Waals surface area contributed by atoms with Crippen LogP contribution in [-0.4, -0.2) is 15.8 Å². The van der Waals surface area contributed by atoms with Gasteiger partial charge in [0.2, 0.25) is 0 Å². The highest BCUT2D eigenvalue weighted by Crippen LogP contribution is 2.18. The SMILES string of the molecule is O=C(Cc1nccs1)c1nccc2ccccc12. The second kappa shape index (κ2) is 4.66. The van der Waals surface area contributed by atoms with Crippen LogP contribution < -0.4 is 0 Å². The average molecular weight is 254 g/mol. The minimum Gasteiger partial charge on any atom is -0.292 e. The molecule has 2 aromatic heterocycles. The standard InChI is InChI=1S/C14H10N2OS/c17-12(9-13-15-7-8-18-13)14-11-4-2-1-3-10(11)5-6-16-14/h1-8H,9H2. The van der Waals surface area contributed by atoms with E-state index in [0.29, 0.717) is 12.1 Å². The summed E-state index contributed by atoms with van der Waals surface area (Å²) in [6.45, 7) is 0. The third kappa shape index (κ3) is 2.02. The van der Waals surface area contributed by atoms with Gasteiger partial charge in [-0.05, 0) is 11.5 Å². The zero-order chi connectivity index (χ0) is 12.4. The van der Waals surface area contributed by atoms with Gasteiger partial charge in [-0.1, -0.05) is 24.3 Å². The van der Waals surface area contributed by atoms with Crippen LogP contribution in [0.4, 0.5) is 0 Å². The van der Waals surface area contributed by atoms with E-state index in [9.17, 15) is 4.79 Å². The molecule has 88 valence electrons. The lowest BCUT2D eigenvalue weighted by molar-refractivity contribution is 0.0990. The van der Waals surface area contributed by atoms with Crippen molar-refractivity contribution >= 4 is 27.9 Å². The Balaban J connectivity index is 2.01. The molecule has 0 unspecified atom stereocenters. The largest absolute Gasteiger partial charge is 0.292 e. The number of nitrogens with zero attached hydrogens (tertiary/aromatic N) is 2. The topological polar surface area (TPSA) is 42.9 Å². The monoisotopic (exact) mass is 254 g/mol. The highest BCUT2D eigenvalue weighted by atomic mass is 32.1. The van der Waals surface area contributed by atoms with Gasteiger partial charge in [-0.3, -0.25) is 9.78 Å². The molecule has 3 nitrogen and oxygen atoms in total.